The molecule has 10 nitrogen and oxygen atoms in total. The van der Waals surface area contributed by atoms with E-state index in [9.17, 15) is 23.8 Å². The van der Waals surface area contributed by atoms with Crippen LogP contribution >= 0.6 is 7.60 Å². The second-order valence-electron chi connectivity index (χ2n) is 8.56. The molecule has 186 valence electrons. The van der Waals surface area contributed by atoms with Crippen LogP contribution in [0, 0.1) is 0 Å². The van der Waals surface area contributed by atoms with Crippen LogP contribution in [0.3, 0.4) is 0 Å². The molecule has 4 rings (SSSR count). The lowest BCUT2D eigenvalue weighted by molar-refractivity contribution is -0.132. The molecular formula is C24H29N4O6P. The van der Waals surface area contributed by atoms with Crippen molar-refractivity contribution in [3.63, 3.8) is 0 Å². The second kappa shape index (κ2) is 10.7. The number of carbonyl (C=O) groups excluding carboxylic acids is 3. The summed E-state index contributed by atoms with van der Waals surface area (Å²) in [7, 11) is -4.23. The summed E-state index contributed by atoms with van der Waals surface area (Å²) in [5.74, 6) is -2.14. The van der Waals surface area contributed by atoms with E-state index in [1.807, 2.05) is 0 Å². The highest BCUT2D eigenvalue weighted by atomic mass is 31.2. The molecule has 2 aromatic rings. The van der Waals surface area contributed by atoms with E-state index in [4.69, 9.17) is 10.3 Å². The SMILES string of the molecule is NCC(=O)N(C(=O)c1ccccc1)c1ccc(OP(=O)(O)[C@@H]2CCCN2C(=O)[C@@H]2CCCN2)cc1. The molecule has 2 aliphatic heterocycles. The Morgan fingerprint density at radius 2 is 1.80 bits per heavy atom. The fourth-order valence-corrected chi connectivity index (χ4v) is 6.12. The van der Waals surface area contributed by atoms with Crippen molar-refractivity contribution in [2.75, 3.05) is 24.5 Å². The van der Waals surface area contributed by atoms with Crippen LogP contribution in [0.15, 0.2) is 54.6 Å². The molecule has 11 heteroatoms. The van der Waals surface area contributed by atoms with Crippen molar-refractivity contribution in [1.29, 1.82) is 0 Å². The maximum Gasteiger partial charge on any atom is 0.398 e. The maximum atomic E-state index is 13.2. The Morgan fingerprint density at radius 3 is 2.43 bits per heavy atom. The molecule has 2 saturated heterocycles. The first kappa shape index (κ1) is 25.1. The van der Waals surface area contributed by atoms with Crippen LogP contribution in [-0.4, -0.2) is 59.0 Å². The molecule has 4 N–H and O–H groups in total. The first-order valence-electron chi connectivity index (χ1n) is 11.6. The lowest BCUT2D eigenvalue weighted by Crippen LogP contribution is -2.46. The van der Waals surface area contributed by atoms with Crippen LogP contribution in [0.5, 0.6) is 5.75 Å². The van der Waals surface area contributed by atoms with Crippen LogP contribution in [0.4, 0.5) is 5.69 Å². The summed E-state index contributed by atoms with van der Waals surface area (Å²) >= 11 is 0. The number of benzene rings is 2. The van der Waals surface area contributed by atoms with E-state index in [2.05, 4.69) is 5.32 Å². The standard InChI is InChI=1S/C24H29N4O6P/c25-16-21(29)28(23(30)17-6-2-1-3-7-17)18-10-12-19(13-11-18)34-35(32,33)22-9-5-15-27(22)24(31)20-8-4-14-26-20/h1-3,6-7,10-13,20,22,26H,4-5,8-9,14-16,25H2,(H,32,33)/t20-,22+/m0/s1. The van der Waals surface area contributed by atoms with Gasteiger partial charge in [-0.05, 0) is 68.6 Å². The average molecular weight is 500 g/mol. The fourth-order valence-electron chi connectivity index (χ4n) is 4.48. The van der Waals surface area contributed by atoms with E-state index in [0.717, 1.165) is 17.9 Å². The number of nitrogens with two attached hydrogens (primary N) is 1. The lowest BCUT2D eigenvalue weighted by Gasteiger charge is -2.30. The molecule has 0 aromatic heterocycles. The van der Waals surface area contributed by atoms with Gasteiger partial charge in [0.05, 0.1) is 18.3 Å². The average Bonchev–Trinajstić information content (AvgIpc) is 3.58. The number of imide groups is 1. The summed E-state index contributed by atoms with van der Waals surface area (Å²) in [6, 6.07) is 13.7. The Hall–Kier alpha value is -3.04. The minimum absolute atomic E-state index is 0.0881. The molecule has 0 saturated carbocycles. The summed E-state index contributed by atoms with van der Waals surface area (Å²) in [6.07, 6.45) is 2.59. The quantitative estimate of drug-likeness (QED) is 0.491. The molecule has 35 heavy (non-hydrogen) atoms. The molecular weight excluding hydrogens is 471 g/mol. The molecule has 2 aliphatic rings. The summed E-state index contributed by atoms with van der Waals surface area (Å²) < 4.78 is 18.6. The van der Waals surface area contributed by atoms with Crippen molar-refractivity contribution in [3.05, 3.63) is 60.2 Å². The van der Waals surface area contributed by atoms with Gasteiger partial charge in [-0.15, -0.1) is 0 Å². The number of likely N-dealkylation sites (tertiary alicyclic amines) is 1. The predicted molar refractivity (Wildman–Crippen MR) is 130 cm³/mol. The molecule has 0 radical (unpaired) electrons. The Balaban J connectivity index is 1.50. The molecule has 0 spiro atoms. The number of nitrogens with one attached hydrogen (secondary N) is 1. The first-order chi connectivity index (χ1) is 16.8. The van der Waals surface area contributed by atoms with E-state index in [1.54, 1.807) is 30.3 Å². The van der Waals surface area contributed by atoms with Gasteiger partial charge in [-0.2, -0.15) is 0 Å². The third-order valence-electron chi connectivity index (χ3n) is 6.22. The number of amides is 3. The highest BCUT2D eigenvalue weighted by Gasteiger charge is 2.45. The Labute approximate surface area is 203 Å². The van der Waals surface area contributed by atoms with Crippen molar-refractivity contribution in [2.45, 2.75) is 37.5 Å². The van der Waals surface area contributed by atoms with E-state index in [-0.39, 0.29) is 29.9 Å². The number of carbonyl (C=O) groups is 3. The zero-order chi connectivity index (χ0) is 25.0. The van der Waals surface area contributed by atoms with E-state index in [0.29, 0.717) is 31.4 Å². The van der Waals surface area contributed by atoms with Crippen molar-refractivity contribution in [3.8, 4) is 5.75 Å². The number of hydrogen-bond donors (Lipinski definition) is 3. The fraction of sp³-hybridized carbons (Fsp3) is 0.375. The minimum atomic E-state index is -4.23. The molecule has 3 atom stereocenters. The van der Waals surface area contributed by atoms with Crippen LogP contribution < -0.4 is 20.5 Å². The zero-order valence-electron chi connectivity index (χ0n) is 19.2. The van der Waals surface area contributed by atoms with Crippen LogP contribution in [0.2, 0.25) is 0 Å². The zero-order valence-corrected chi connectivity index (χ0v) is 20.1. The van der Waals surface area contributed by atoms with Gasteiger partial charge < -0.3 is 25.4 Å². The van der Waals surface area contributed by atoms with Crippen molar-refractivity contribution < 1.29 is 28.4 Å². The van der Waals surface area contributed by atoms with Crippen molar-refractivity contribution in [2.24, 2.45) is 5.73 Å². The number of hydrogen-bond acceptors (Lipinski definition) is 7. The Bertz CT molecular complexity index is 1120. The van der Waals surface area contributed by atoms with Gasteiger partial charge in [-0.25, -0.2) is 9.46 Å². The van der Waals surface area contributed by atoms with Gasteiger partial charge in [0.15, 0.2) is 0 Å². The predicted octanol–water partition coefficient (Wildman–Crippen LogP) is 2.08. The molecule has 0 bridgehead atoms. The summed E-state index contributed by atoms with van der Waals surface area (Å²) in [4.78, 5) is 51.4. The van der Waals surface area contributed by atoms with E-state index < -0.39 is 25.2 Å². The third-order valence-corrected chi connectivity index (χ3v) is 7.98. The first-order valence-corrected chi connectivity index (χ1v) is 13.2. The largest absolute Gasteiger partial charge is 0.423 e. The summed E-state index contributed by atoms with van der Waals surface area (Å²) in [6.45, 7) is 0.793. The van der Waals surface area contributed by atoms with Gasteiger partial charge in [0.1, 0.15) is 11.5 Å². The Kier molecular flexibility index (Phi) is 7.66. The molecule has 1 unspecified atom stereocenters. The summed E-state index contributed by atoms with van der Waals surface area (Å²) in [5.41, 5.74) is 6.08. The number of anilines is 1. The van der Waals surface area contributed by atoms with Gasteiger partial charge in [0.25, 0.3) is 5.91 Å². The Morgan fingerprint density at radius 1 is 1.09 bits per heavy atom. The smallest absolute Gasteiger partial charge is 0.398 e. The second-order valence-corrected chi connectivity index (χ2v) is 10.5. The van der Waals surface area contributed by atoms with Gasteiger partial charge in [-0.3, -0.25) is 14.4 Å². The molecule has 2 fully saturated rings. The van der Waals surface area contributed by atoms with Gasteiger partial charge in [-0.1, -0.05) is 18.2 Å². The minimum Gasteiger partial charge on any atom is -0.423 e. The molecule has 2 heterocycles. The van der Waals surface area contributed by atoms with Gasteiger partial charge in [0, 0.05) is 12.1 Å². The van der Waals surface area contributed by atoms with E-state index >= 15 is 0 Å². The van der Waals surface area contributed by atoms with Gasteiger partial charge >= 0.3 is 7.60 Å². The highest BCUT2D eigenvalue weighted by Crippen LogP contribution is 2.53. The maximum absolute atomic E-state index is 13.2. The monoisotopic (exact) mass is 500 g/mol. The topological polar surface area (TPSA) is 142 Å². The van der Waals surface area contributed by atoms with Crippen LogP contribution in [0.25, 0.3) is 0 Å². The van der Waals surface area contributed by atoms with Crippen LogP contribution in [0.1, 0.15) is 36.0 Å². The van der Waals surface area contributed by atoms with Crippen LogP contribution in [-0.2, 0) is 14.2 Å². The van der Waals surface area contributed by atoms with Gasteiger partial charge in [0.2, 0.25) is 11.8 Å². The van der Waals surface area contributed by atoms with Crippen molar-refractivity contribution >= 4 is 31.0 Å². The van der Waals surface area contributed by atoms with Crippen molar-refractivity contribution in [1.82, 2.24) is 10.2 Å². The molecule has 0 aliphatic carbocycles. The number of nitrogens with zero attached hydrogens (tertiary/aromatic N) is 2. The lowest BCUT2D eigenvalue weighted by atomic mass is 10.1. The third kappa shape index (κ3) is 5.46. The summed E-state index contributed by atoms with van der Waals surface area (Å²) in [5, 5.41) is 3.13. The van der Waals surface area contributed by atoms with E-state index in [1.165, 1.54) is 29.2 Å². The number of rotatable bonds is 7. The highest BCUT2D eigenvalue weighted by molar-refractivity contribution is 7.54. The normalized spacial score (nSPS) is 21.4. The molecule has 2 aromatic carbocycles. The molecule has 3 amide bonds.